The van der Waals surface area contributed by atoms with E-state index in [1.807, 2.05) is 0 Å². The van der Waals surface area contributed by atoms with Gasteiger partial charge in [0, 0.05) is 6.08 Å². The number of hydrogen-bond acceptors (Lipinski definition) is 7. The van der Waals surface area contributed by atoms with E-state index < -0.39 is 23.9 Å². The number of esters is 2. The van der Waals surface area contributed by atoms with Crippen molar-refractivity contribution in [2.75, 3.05) is 27.4 Å². The average molecular weight is 365 g/mol. The average Bonchev–Trinajstić information content (AvgIpc) is 2.64. The number of ether oxygens (including phenoxy) is 4. The van der Waals surface area contributed by atoms with E-state index in [2.05, 4.69) is 5.32 Å². The Bertz CT molecular complexity index is 652. The van der Waals surface area contributed by atoms with Crippen LogP contribution in [0.3, 0.4) is 0 Å². The van der Waals surface area contributed by atoms with Gasteiger partial charge in [-0.05, 0) is 37.6 Å². The van der Waals surface area contributed by atoms with Crippen LogP contribution in [0.4, 0.5) is 0 Å². The van der Waals surface area contributed by atoms with Crippen molar-refractivity contribution in [1.82, 2.24) is 5.32 Å². The van der Waals surface area contributed by atoms with Gasteiger partial charge in [-0.1, -0.05) is 6.07 Å². The van der Waals surface area contributed by atoms with Crippen molar-refractivity contribution < 1.29 is 33.3 Å². The lowest BCUT2D eigenvalue weighted by atomic mass is 10.2. The fraction of sp³-hybridized carbons (Fsp3) is 0.389. The zero-order valence-electron chi connectivity index (χ0n) is 15.2. The number of methoxy groups -OCH3 is 2. The van der Waals surface area contributed by atoms with Crippen LogP contribution in [0.2, 0.25) is 0 Å². The van der Waals surface area contributed by atoms with Gasteiger partial charge in [0.1, 0.15) is 0 Å². The van der Waals surface area contributed by atoms with Crippen molar-refractivity contribution in [3.8, 4) is 11.5 Å². The van der Waals surface area contributed by atoms with E-state index in [4.69, 9.17) is 18.9 Å². The Hall–Kier alpha value is -3.03. The smallest absolute Gasteiger partial charge is 0.340 e. The highest BCUT2D eigenvalue weighted by Gasteiger charge is 2.30. The summed E-state index contributed by atoms with van der Waals surface area (Å²) in [6.45, 7) is 3.34. The molecule has 0 aliphatic rings. The van der Waals surface area contributed by atoms with Crippen molar-refractivity contribution in [2.45, 2.75) is 19.9 Å². The molecular weight excluding hydrogens is 342 g/mol. The predicted molar refractivity (Wildman–Crippen MR) is 93.8 cm³/mol. The van der Waals surface area contributed by atoms with Gasteiger partial charge < -0.3 is 24.3 Å². The van der Waals surface area contributed by atoms with Crippen molar-refractivity contribution in [1.29, 1.82) is 0 Å². The van der Waals surface area contributed by atoms with Crippen LogP contribution in [-0.4, -0.2) is 51.3 Å². The molecule has 0 bridgehead atoms. The number of carbonyl (C=O) groups excluding carboxylic acids is 3. The topological polar surface area (TPSA) is 100 Å². The zero-order valence-corrected chi connectivity index (χ0v) is 15.2. The lowest BCUT2D eigenvalue weighted by molar-refractivity contribution is -0.159. The summed E-state index contributed by atoms with van der Waals surface area (Å²) in [7, 11) is 3.02. The molecule has 142 valence electrons. The van der Waals surface area contributed by atoms with E-state index in [-0.39, 0.29) is 13.2 Å². The fourth-order valence-corrected chi connectivity index (χ4v) is 1.98. The number of nitrogens with one attached hydrogen (secondary N) is 1. The van der Waals surface area contributed by atoms with Gasteiger partial charge in [-0.15, -0.1) is 0 Å². The molecule has 1 aromatic rings. The van der Waals surface area contributed by atoms with Crippen molar-refractivity contribution in [3.05, 3.63) is 29.8 Å². The quantitative estimate of drug-likeness (QED) is 0.400. The molecule has 0 radical (unpaired) electrons. The normalized spacial score (nSPS) is 10.5. The first-order valence-electron chi connectivity index (χ1n) is 8.00. The summed E-state index contributed by atoms with van der Waals surface area (Å²) in [5.74, 6) is -1.34. The first-order chi connectivity index (χ1) is 12.5. The molecule has 0 spiro atoms. The summed E-state index contributed by atoms with van der Waals surface area (Å²) in [6.07, 6.45) is 2.69. The molecule has 8 nitrogen and oxygen atoms in total. The third-order valence-electron chi connectivity index (χ3n) is 3.17. The van der Waals surface area contributed by atoms with E-state index >= 15 is 0 Å². The van der Waals surface area contributed by atoms with Crippen LogP contribution >= 0.6 is 0 Å². The van der Waals surface area contributed by atoms with E-state index in [1.54, 1.807) is 32.0 Å². The fourth-order valence-electron chi connectivity index (χ4n) is 1.98. The SMILES string of the molecule is CCOC(=O)C(NC(=O)/C=C/c1ccc(OC)c(OC)c1)C(=O)OCC. The molecule has 0 aliphatic heterocycles. The Morgan fingerprint density at radius 2 is 1.58 bits per heavy atom. The second-order valence-electron chi connectivity index (χ2n) is 4.89. The van der Waals surface area contributed by atoms with Crippen LogP contribution in [0.5, 0.6) is 11.5 Å². The summed E-state index contributed by atoms with van der Waals surface area (Å²) in [5.41, 5.74) is 0.668. The number of carbonyl (C=O) groups is 3. The Kier molecular flexibility index (Phi) is 8.69. The second-order valence-corrected chi connectivity index (χ2v) is 4.89. The molecule has 0 heterocycles. The summed E-state index contributed by atoms with van der Waals surface area (Å²) >= 11 is 0. The number of benzene rings is 1. The second kappa shape index (κ2) is 10.8. The van der Waals surface area contributed by atoms with Crippen LogP contribution in [-0.2, 0) is 23.9 Å². The van der Waals surface area contributed by atoms with Gasteiger partial charge in [-0.25, -0.2) is 9.59 Å². The molecule has 0 unspecified atom stereocenters. The summed E-state index contributed by atoms with van der Waals surface area (Å²) in [5, 5.41) is 2.28. The maximum atomic E-state index is 12.1. The van der Waals surface area contributed by atoms with Crippen molar-refractivity contribution in [3.63, 3.8) is 0 Å². The third-order valence-corrected chi connectivity index (χ3v) is 3.17. The standard InChI is InChI=1S/C18H23NO7/c1-5-25-17(21)16(18(22)26-6-2)19-15(20)10-8-12-7-9-13(23-3)14(11-12)24-4/h7-11,16H,5-6H2,1-4H3,(H,19,20)/b10-8+. The maximum Gasteiger partial charge on any atom is 0.340 e. The maximum absolute atomic E-state index is 12.1. The molecule has 0 fully saturated rings. The molecule has 8 heteroatoms. The van der Waals surface area contributed by atoms with Crippen LogP contribution < -0.4 is 14.8 Å². The van der Waals surface area contributed by atoms with Gasteiger partial charge in [0.15, 0.2) is 11.5 Å². The minimum atomic E-state index is -1.52. The number of rotatable bonds is 9. The molecule has 0 atom stereocenters. The summed E-state index contributed by atoms with van der Waals surface area (Å²) in [6, 6.07) is 3.57. The molecule has 26 heavy (non-hydrogen) atoms. The highest BCUT2D eigenvalue weighted by molar-refractivity contribution is 6.04. The molecule has 0 saturated carbocycles. The lowest BCUT2D eigenvalue weighted by Gasteiger charge is -2.14. The highest BCUT2D eigenvalue weighted by atomic mass is 16.6. The molecule has 0 aliphatic carbocycles. The van der Waals surface area contributed by atoms with Crippen molar-refractivity contribution >= 4 is 23.9 Å². The van der Waals surface area contributed by atoms with E-state index in [9.17, 15) is 14.4 Å². The minimum Gasteiger partial charge on any atom is -0.493 e. The number of amides is 1. The van der Waals surface area contributed by atoms with Gasteiger partial charge in [-0.3, -0.25) is 4.79 Å². The molecule has 1 aromatic carbocycles. The van der Waals surface area contributed by atoms with E-state index in [1.165, 1.54) is 26.4 Å². The third kappa shape index (κ3) is 6.12. The monoisotopic (exact) mass is 365 g/mol. The zero-order chi connectivity index (χ0) is 19.5. The Balaban J connectivity index is 2.85. The molecule has 1 amide bonds. The highest BCUT2D eigenvalue weighted by Crippen LogP contribution is 2.27. The Morgan fingerprint density at radius 1 is 1.00 bits per heavy atom. The Morgan fingerprint density at radius 3 is 2.08 bits per heavy atom. The van der Waals surface area contributed by atoms with Gasteiger partial charge in [0.2, 0.25) is 11.9 Å². The lowest BCUT2D eigenvalue weighted by Crippen LogP contribution is -2.47. The molecule has 0 aromatic heterocycles. The van der Waals surface area contributed by atoms with E-state index in [0.717, 1.165) is 0 Å². The largest absolute Gasteiger partial charge is 0.493 e. The first-order valence-corrected chi connectivity index (χ1v) is 8.00. The van der Waals surface area contributed by atoms with Gasteiger partial charge in [0.05, 0.1) is 27.4 Å². The summed E-state index contributed by atoms with van der Waals surface area (Å²) < 4.78 is 19.9. The van der Waals surface area contributed by atoms with Gasteiger partial charge >= 0.3 is 11.9 Å². The van der Waals surface area contributed by atoms with Crippen LogP contribution in [0.1, 0.15) is 19.4 Å². The Labute approximate surface area is 152 Å². The van der Waals surface area contributed by atoms with Crippen LogP contribution in [0.15, 0.2) is 24.3 Å². The van der Waals surface area contributed by atoms with Gasteiger partial charge in [0.25, 0.3) is 0 Å². The molecular formula is C18H23NO7. The van der Waals surface area contributed by atoms with Crippen LogP contribution in [0.25, 0.3) is 6.08 Å². The molecule has 0 saturated heterocycles. The molecule has 1 N–H and O–H groups in total. The predicted octanol–water partition coefficient (Wildman–Crippen LogP) is 1.33. The molecule has 1 rings (SSSR count). The first kappa shape index (κ1) is 21.0. The number of hydrogen-bond donors (Lipinski definition) is 1. The van der Waals surface area contributed by atoms with Crippen LogP contribution in [0, 0.1) is 0 Å². The van der Waals surface area contributed by atoms with E-state index in [0.29, 0.717) is 17.1 Å². The summed E-state index contributed by atoms with van der Waals surface area (Å²) in [4.78, 5) is 35.7. The van der Waals surface area contributed by atoms with Crippen molar-refractivity contribution in [2.24, 2.45) is 0 Å². The minimum absolute atomic E-state index is 0.0755. The van der Waals surface area contributed by atoms with Gasteiger partial charge in [-0.2, -0.15) is 0 Å².